The molecule has 0 saturated heterocycles. The third-order valence-electron chi connectivity index (χ3n) is 4.33. The summed E-state index contributed by atoms with van der Waals surface area (Å²) < 4.78 is 12.7. The van der Waals surface area contributed by atoms with Crippen molar-refractivity contribution in [3.05, 3.63) is 60.9 Å². The first-order valence-corrected chi connectivity index (χ1v) is 9.21. The van der Waals surface area contributed by atoms with Gasteiger partial charge in [-0.25, -0.2) is 4.98 Å². The molecule has 0 fully saturated rings. The van der Waals surface area contributed by atoms with E-state index in [0.29, 0.717) is 29.0 Å². The number of benzene rings is 2. The molecule has 0 atom stereocenters. The summed E-state index contributed by atoms with van der Waals surface area (Å²) in [6.45, 7) is 0. The Bertz CT molecular complexity index is 1150. The highest BCUT2D eigenvalue weighted by molar-refractivity contribution is 5.79. The van der Waals surface area contributed by atoms with Crippen molar-refractivity contribution < 1.29 is 9.47 Å². The molecular formula is C21H21N7O2. The van der Waals surface area contributed by atoms with Crippen molar-refractivity contribution in [1.82, 2.24) is 25.0 Å². The van der Waals surface area contributed by atoms with Crippen LogP contribution in [-0.4, -0.2) is 39.2 Å². The smallest absolute Gasteiger partial charge is 0.257 e. The minimum atomic E-state index is 0.358. The Morgan fingerprint density at radius 2 is 1.70 bits per heavy atom. The number of para-hydroxylation sites is 2. The quantitative estimate of drug-likeness (QED) is 0.481. The Kier molecular flexibility index (Phi) is 5.42. The number of aryl methyl sites for hydroxylation is 1. The second kappa shape index (κ2) is 8.48. The summed E-state index contributed by atoms with van der Waals surface area (Å²) in [5.74, 6) is 2.12. The topological polar surface area (TPSA) is 99.0 Å². The molecule has 4 rings (SSSR count). The Labute approximate surface area is 173 Å². The Balaban J connectivity index is 1.69. The molecule has 0 aliphatic heterocycles. The van der Waals surface area contributed by atoms with E-state index < -0.39 is 0 Å². The zero-order chi connectivity index (χ0) is 20.9. The average molecular weight is 403 g/mol. The number of ether oxygens (including phenoxy) is 2. The van der Waals surface area contributed by atoms with E-state index in [9.17, 15) is 0 Å². The standard InChI is InChI=1S/C21H21N7O2/c1-28-13-22-20(27-28)15-10-7-11-16(19(15)29-2)24-17-12-18(25-26-21(17)30-3)23-14-8-5-4-6-9-14/h4-13H,1-3H3,(H2,23,24,25). The highest BCUT2D eigenvalue weighted by Crippen LogP contribution is 2.38. The van der Waals surface area contributed by atoms with Gasteiger partial charge in [0.2, 0.25) is 0 Å². The zero-order valence-electron chi connectivity index (χ0n) is 16.8. The molecule has 152 valence electrons. The molecule has 0 saturated carbocycles. The minimum Gasteiger partial charge on any atom is -0.494 e. The molecule has 9 heteroatoms. The second-order valence-electron chi connectivity index (χ2n) is 6.40. The lowest BCUT2D eigenvalue weighted by molar-refractivity contribution is 0.394. The van der Waals surface area contributed by atoms with Crippen LogP contribution in [-0.2, 0) is 7.05 Å². The van der Waals surface area contributed by atoms with Gasteiger partial charge in [0.1, 0.15) is 12.0 Å². The fraction of sp³-hybridized carbons (Fsp3) is 0.143. The van der Waals surface area contributed by atoms with Crippen molar-refractivity contribution in [2.45, 2.75) is 0 Å². The number of hydrogen-bond donors (Lipinski definition) is 2. The van der Waals surface area contributed by atoms with Crippen LogP contribution in [0.1, 0.15) is 0 Å². The third-order valence-corrected chi connectivity index (χ3v) is 4.33. The number of methoxy groups -OCH3 is 2. The Morgan fingerprint density at radius 3 is 2.40 bits per heavy atom. The molecule has 0 spiro atoms. The first-order valence-electron chi connectivity index (χ1n) is 9.21. The number of nitrogens with one attached hydrogen (secondary N) is 2. The first-order chi connectivity index (χ1) is 14.7. The molecule has 2 aromatic heterocycles. The molecule has 2 aromatic carbocycles. The normalized spacial score (nSPS) is 10.5. The van der Waals surface area contributed by atoms with Gasteiger partial charge in [-0.1, -0.05) is 24.3 Å². The van der Waals surface area contributed by atoms with Crippen molar-refractivity contribution in [3.8, 4) is 23.0 Å². The van der Waals surface area contributed by atoms with Crippen molar-refractivity contribution in [2.24, 2.45) is 7.05 Å². The summed E-state index contributed by atoms with van der Waals surface area (Å²) in [6.07, 6.45) is 1.65. The molecule has 2 N–H and O–H groups in total. The van der Waals surface area contributed by atoms with Crippen LogP contribution in [0.3, 0.4) is 0 Å². The SMILES string of the molecule is COc1nnc(Nc2ccccc2)cc1Nc1cccc(-c2ncn(C)n2)c1OC. The number of hydrogen-bond acceptors (Lipinski definition) is 8. The molecule has 0 aliphatic rings. The summed E-state index contributed by atoms with van der Waals surface area (Å²) in [5.41, 5.74) is 3.03. The number of aromatic nitrogens is 5. The Morgan fingerprint density at radius 1 is 0.867 bits per heavy atom. The lowest BCUT2D eigenvalue weighted by atomic mass is 10.1. The zero-order valence-corrected chi connectivity index (χ0v) is 16.8. The molecule has 0 aliphatic carbocycles. The molecule has 30 heavy (non-hydrogen) atoms. The molecule has 0 amide bonds. The van der Waals surface area contributed by atoms with E-state index in [1.807, 2.05) is 61.6 Å². The second-order valence-corrected chi connectivity index (χ2v) is 6.40. The third kappa shape index (κ3) is 4.00. The number of rotatable bonds is 7. The largest absolute Gasteiger partial charge is 0.494 e. The van der Waals surface area contributed by atoms with Gasteiger partial charge in [-0.3, -0.25) is 4.68 Å². The van der Waals surface area contributed by atoms with Crippen molar-refractivity contribution in [3.63, 3.8) is 0 Å². The fourth-order valence-electron chi connectivity index (χ4n) is 2.99. The average Bonchev–Trinajstić information content (AvgIpc) is 3.21. The molecule has 4 aromatic rings. The number of nitrogens with zero attached hydrogens (tertiary/aromatic N) is 5. The van der Waals surface area contributed by atoms with Crippen LogP contribution < -0.4 is 20.1 Å². The monoisotopic (exact) mass is 403 g/mol. The van der Waals surface area contributed by atoms with Crippen molar-refractivity contribution in [2.75, 3.05) is 24.9 Å². The van der Waals surface area contributed by atoms with Gasteiger partial charge in [0.25, 0.3) is 5.88 Å². The van der Waals surface area contributed by atoms with Crippen molar-refractivity contribution >= 4 is 22.9 Å². The van der Waals surface area contributed by atoms with Crippen LogP contribution in [0.4, 0.5) is 22.9 Å². The molecule has 0 bridgehead atoms. The predicted octanol–water partition coefficient (Wildman–Crippen LogP) is 3.78. The maximum absolute atomic E-state index is 5.67. The minimum absolute atomic E-state index is 0.358. The van der Waals surface area contributed by atoms with E-state index in [1.54, 1.807) is 25.2 Å². The van der Waals surface area contributed by atoms with Crippen LogP contribution in [0.2, 0.25) is 0 Å². The number of anilines is 4. The molecule has 2 heterocycles. The first kappa shape index (κ1) is 19.2. The van der Waals surface area contributed by atoms with Crippen molar-refractivity contribution in [1.29, 1.82) is 0 Å². The molecule has 9 nitrogen and oxygen atoms in total. The van der Waals surface area contributed by atoms with Gasteiger partial charge in [-0.05, 0) is 24.3 Å². The van der Waals surface area contributed by atoms with Crippen LogP contribution in [0.15, 0.2) is 60.9 Å². The summed E-state index contributed by atoms with van der Waals surface area (Å²) in [5, 5.41) is 19.3. The van der Waals surface area contributed by atoms with E-state index in [-0.39, 0.29) is 0 Å². The maximum Gasteiger partial charge on any atom is 0.257 e. The highest BCUT2D eigenvalue weighted by Gasteiger charge is 2.16. The maximum atomic E-state index is 5.67. The van der Waals surface area contributed by atoms with Crippen LogP contribution in [0.5, 0.6) is 11.6 Å². The Hall–Kier alpha value is -4.14. The molecule has 0 radical (unpaired) electrons. The van der Waals surface area contributed by atoms with Crippen LogP contribution >= 0.6 is 0 Å². The summed E-state index contributed by atoms with van der Waals surface area (Å²) >= 11 is 0. The van der Waals surface area contributed by atoms with Gasteiger partial charge in [0.05, 0.1) is 25.5 Å². The van der Waals surface area contributed by atoms with Gasteiger partial charge in [0, 0.05) is 18.8 Å². The van der Waals surface area contributed by atoms with Gasteiger partial charge in [0.15, 0.2) is 17.4 Å². The summed E-state index contributed by atoms with van der Waals surface area (Å²) in [4.78, 5) is 4.32. The van der Waals surface area contributed by atoms with Gasteiger partial charge in [-0.2, -0.15) is 5.10 Å². The van der Waals surface area contributed by atoms with E-state index in [4.69, 9.17) is 9.47 Å². The van der Waals surface area contributed by atoms with Gasteiger partial charge < -0.3 is 20.1 Å². The van der Waals surface area contributed by atoms with Gasteiger partial charge in [-0.15, -0.1) is 10.2 Å². The van der Waals surface area contributed by atoms with E-state index in [2.05, 4.69) is 30.9 Å². The van der Waals surface area contributed by atoms with Crippen LogP contribution in [0, 0.1) is 0 Å². The highest BCUT2D eigenvalue weighted by atomic mass is 16.5. The van der Waals surface area contributed by atoms with Gasteiger partial charge >= 0.3 is 0 Å². The molecular weight excluding hydrogens is 382 g/mol. The van der Waals surface area contributed by atoms with E-state index >= 15 is 0 Å². The van der Waals surface area contributed by atoms with E-state index in [1.165, 1.54) is 0 Å². The summed E-state index contributed by atoms with van der Waals surface area (Å²) in [6, 6.07) is 17.3. The fourth-order valence-corrected chi connectivity index (χ4v) is 2.99. The van der Waals surface area contributed by atoms with Crippen LogP contribution in [0.25, 0.3) is 11.4 Å². The molecule has 0 unspecified atom stereocenters. The lowest BCUT2D eigenvalue weighted by Crippen LogP contribution is -2.03. The summed E-state index contributed by atoms with van der Waals surface area (Å²) in [7, 11) is 4.97. The lowest BCUT2D eigenvalue weighted by Gasteiger charge is -2.16. The predicted molar refractivity (Wildman–Crippen MR) is 115 cm³/mol. The van der Waals surface area contributed by atoms with E-state index in [0.717, 1.165) is 16.9 Å².